The standard InChI is InChI=1S/C25H20O10/c1-34-19(31)9-14(11-2-5-13(26)6-3-11)20-17(29)10-18(30)21-22(32)23(33)24(35-25(20)21)12-4-7-15(27)16(28)8-12/h2-8,10,14,26-30,33H,9H2,1H3/t14-/m1/s1. The molecule has 0 aliphatic rings. The third-order valence-corrected chi connectivity index (χ3v) is 5.62. The summed E-state index contributed by atoms with van der Waals surface area (Å²) in [5, 5.41) is 60.4. The van der Waals surface area contributed by atoms with E-state index in [1.807, 2.05) is 0 Å². The van der Waals surface area contributed by atoms with E-state index in [0.717, 1.165) is 18.2 Å². The Morgan fingerprint density at radius 3 is 2.20 bits per heavy atom. The van der Waals surface area contributed by atoms with Crippen LogP contribution in [0.4, 0.5) is 0 Å². The molecule has 4 aromatic rings. The molecule has 0 unspecified atom stereocenters. The Kier molecular flexibility index (Phi) is 5.87. The molecule has 0 fully saturated rings. The number of hydrogen-bond acceptors (Lipinski definition) is 10. The highest BCUT2D eigenvalue weighted by Gasteiger charge is 2.30. The molecule has 0 saturated heterocycles. The van der Waals surface area contributed by atoms with Gasteiger partial charge < -0.3 is 39.8 Å². The van der Waals surface area contributed by atoms with Gasteiger partial charge in [0, 0.05) is 23.1 Å². The van der Waals surface area contributed by atoms with Crippen LogP contribution in [0.5, 0.6) is 34.5 Å². The molecule has 0 aliphatic heterocycles. The first-order valence-electron chi connectivity index (χ1n) is 10.2. The summed E-state index contributed by atoms with van der Waals surface area (Å²) < 4.78 is 10.6. The molecule has 0 radical (unpaired) electrons. The molecule has 0 amide bonds. The van der Waals surface area contributed by atoms with Crippen LogP contribution >= 0.6 is 0 Å². The van der Waals surface area contributed by atoms with Gasteiger partial charge in [-0.05, 0) is 35.9 Å². The quantitative estimate of drug-likeness (QED) is 0.183. The van der Waals surface area contributed by atoms with Crippen molar-refractivity contribution in [2.45, 2.75) is 12.3 Å². The Hall–Kier alpha value is -4.86. The topological polar surface area (TPSA) is 178 Å². The van der Waals surface area contributed by atoms with Crippen molar-refractivity contribution in [3.05, 3.63) is 69.9 Å². The predicted octanol–water partition coefficient (Wildman–Crippen LogP) is 3.39. The molecule has 0 saturated carbocycles. The second-order valence-corrected chi connectivity index (χ2v) is 7.77. The molecule has 6 N–H and O–H groups in total. The number of hydrogen-bond donors (Lipinski definition) is 6. The first-order chi connectivity index (χ1) is 16.6. The van der Waals surface area contributed by atoms with Crippen LogP contribution in [-0.4, -0.2) is 43.7 Å². The molecule has 1 aromatic heterocycles. The smallest absolute Gasteiger partial charge is 0.306 e. The van der Waals surface area contributed by atoms with Crippen molar-refractivity contribution in [1.29, 1.82) is 0 Å². The van der Waals surface area contributed by atoms with E-state index in [4.69, 9.17) is 9.15 Å². The van der Waals surface area contributed by atoms with Gasteiger partial charge in [0.2, 0.25) is 11.2 Å². The molecular formula is C25H20O10. The highest BCUT2D eigenvalue weighted by Crippen LogP contribution is 2.45. The van der Waals surface area contributed by atoms with E-state index in [1.54, 1.807) is 0 Å². The molecule has 1 atom stereocenters. The van der Waals surface area contributed by atoms with Crippen LogP contribution in [0.25, 0.3) is 22.3 Å². The summed E-state index contributed by atoms with van der Waals surface area (Å²) >= 11 is 0. The van der Waals surface area contributed by atoms with Gasteiger partial charge in [-0.25, -0.2) is 0 Å². The average molecular weight is 480 g/mol. The van der Waals surface area contributed by atoms with Crippen molar-refractivity contribution in [3.63, 3.8) is 0 Å². The molecule has 35 heavy (non-hydrogen) atoms. The zero-order chi connectivity index (χ0) is 25.4. The lowest BCUT2D eigenvalue weighted by Gasteiger charge is -2.20. The lowest BCUT2D eigenvalue weighted by molar-refractivity contribution is -0.140. The number of aromatic hydroxyl groups is 6. The van der Waals surface area contributed by atoms with E-state index < -0.39 is 57.2 Å². The molecular weight excluding hydrogens is 460 g/mol. The fraction of sp³-hybridized carbons (Fsp3) is 0.120. The zero-order valence-electron chi connectivity index (χ0n) is 18.2. The summed E-state index contributed by atoms with van der Waals surface area (Å²) in [7, 11) is 1.18. The molecule has 1 heterocycles. The van der Waals surface area contributed by atoms with Crippen LogP contribution < -0.4 is 5.43 Å². The number of ether oxygens (including phenoxy) is 1. The Morgan fingerprint density at radius 2 is 1.57 bits per heavy atom. The maximum absolute atomic E-state index is 13.1. The molecule has 3 aromatic carbocycles. The molecule has 10 nitrogen and oxygen atoms in total. The minimum Gasteiger partial charge on any atom is -0.508 e. The third kappa shape index (κ3) is 4.12. The van der Waals surface area contributed by atoms with Gasteiger partial charge in [0.1, 0.15) is 28.2 Å². The summed E-state index contributed by atoms with van der Waals surface area (Å²) in [6.07, 6.45) is -0.311. The number of esters is 1. The minimum absolute atomic E-state index is 0.0136. The van der Waals surface area contributed by atoms with Crippen molar-refractivity contribution in [2.75, 3.05) is 7.11 Å². The Morgan fingerprint density at radius 1 is 0.886 bits per heavy atom. The monoisotopic (exact) mass is 480 g/mol. The lowest BCUT2D eigenvalue weighted by Crippen LogP contribution is -2.12. The first kappa shape index (κ1) is 23.3. The maximum atomic E-state index is 13.1. The summed E-state index contributed by atoms with van der Waals surface area (Å²) in [5.41, 5.74) is -0.963. The highest BCUT2D eigenvalue weighted by atomic mass is 16.5. The van der Waals surface area contributed by atoms with E-state index in [9.17, 15) is 40.2 Å². The third-order valence-electron chi connectivity index (χ3n) is 5.62. The summed E-state index contributed by atoms with van der Waals surface area (Å²) in [6.45, 7) is 0. The summed E-state index contributed by atoms with van der Waals surface area (Å²) in [4.78, 5) is 25.3. The fourth-order valence-corrected chi connectivity index (χ4v) is 3.88. The van der Waals surface area contributed by atoms with E-state index in [0.29, 0.717) is 5.56 Å². The van der Waals surface area contributed by atoms with Crippen molar-refractivity contribution in [3.8, 4) is 45.8 Å². The second-order valence-electron chi connectivity index (χ2n) is 7.77. The number of carbonyl (C=O) groups excluding carboxylic acids is 1. The van der Waals surface area contributed by atoms with Crippen LogP contribution in [0, 0.1) is 0 Å². The van der Waals surface area contributed by atoms with Crippen LogP contribution in [0.1, 0.15) is 23.5 Å². The van der Waals surface area contributed by atoms with Crippen LogP contribution in [0.2, 0.25) is 0 Å². The number of phenols is 5. The molecule has 4 rings (SSSR count). The van der Waals surface area contributed by atoms with E-state index >= 15 is 0 Å². The number of rotatable bonds is 5. The Labute approximate surface area is 197 Å². The van der Waals surface area contributed by atoms with Gasteiger partial charge >= 0.3 is 5.97 Å². The largest absolute Gasteiger partial charge is 0.508 e. The van der Waals surface area contributed by atoms with Gasteiger partial charge in [0.15, 0.2) is 17.3 Å². The molecule has 0 bridgehead atoms. The normalized spacial score (nSPS) is 11.9. The minimum atomic E-state index is -1.03. The number of carbonyl (C=O) groups is 1. The highest BCUT2D eigenvalue weighted by molar-refractivity contribution is 5.92. The molecule has 180 valence electrons. The summed E-state index contributed by atoms with van der Waals surface area (Å²) in [5.74, 6) is -5.13. The number of benzene rings is 3. The first-order valence-corrected chi connectivity index (χ1v) is 10.2. The Balaban J connectivity index is 2.08. The van der Waals surface area contributed by atoms with Gasteiger partial charge in [-0.1, -0.05) is 12.1 Å². The fourth-order valence-electron chi connectivity index (χ4n) is 3.88. The van der Waals surface area contributed by atoms with Crippen LogP contribution in [-0.2, 0) is 9.53 Å². The molecule has 10 heteroatoms. The average Bonchev–Trinajstić information content (AvgIpc) is 2.82. The maximum Gasteiger partial charge on any atom is 0.306 e. The van der Waals surface area contributed by atoms with Crippen molar-refractivity contribution in [2.24, 2.45) is 0 Å². The van der Waals surface area contributed by atoms with Crippen molar-refractivity contribution < 1.29 is 44.6 Å². The van der Waals surface area contributed by atoms with Crippen LogP contribution in [0.15, 0.2) is 57.7 Å². The van der Waals surface area contributed by atoms with Gasteiger partial charge in [0.25, 0.3) is 0 Å². The second kappa shape index (κ2) is 8.82. The SMILES string of the molecule is COC(=O)C[C@H](c1ccc(O)cc1)c1c(O)cc(O)c2c(=O)c(O)c(-c3ccc(O)c(O)c3)oc12. The molecule has 0 spiro atoms. The van der Waals surface area contributed by atoms with Gasteiger partial charge in [-0.3, -0.25) is 9.59 Å². The zero-order valence-corrected chi connectivity index (χ0v) is 18.2. The number of phenolic OH excluding ortho intramolecular Hbond substituents is 5. The number of fused-ring (bicyclic) bond motifs is 1. The van der Waals surface area contributed by atoms with E-state index in [-0.39, 0.29) is 28.9 Å². The summed E-state index contributed by atoms with van der Waals surface area (Å²) in [6, 6.07) is 10.1. The van der Waals surface area contributed by atoms with Crippen molar-refractivity contribution >= 4 is 16.9 Å². The van der Waals surface area contributed by atoms with E-state index in [2.05, 4.69) is 0 Å². The van der Waals surface area contributed by atoms with Crippen molar-refractivity contribution in [1.82, 2.24) is 0 Å². The van der Waals surface area contributed by atoms with Gasteiger partial charge in [-0.2, -0.15) is 0 Å². The van der Waals surface area contributed by atoms with Gasteiger partial charge in [-0.15, -0.1) is 0 Å². The number of methoxy groups -OCH3 is 1. The van der Waals surface area contributed by atoms with E-state index in [1.165, 1.54) is 37.4 Å². The molecule has 0 aliphatic carbocycles. The lowest BCUT2D eigenvalue weighted by atomic mass is 9.86. The van der Waals surface area contributed by atoms with Gasteiger partial charge in [0.05, 0.1) is 13.5 Å². The van der Waals surface area contributed by atoms with Crippen LogP contribution in [0.3, 0.4) is 0 Å². The Bertz CT molecular complexity index is 1500. The predicted molar refractivity (Wildman–Crippen MR) is 123 cm³/mol.